The van der Waals surface area contributed by atoms with Crippen LogP contribution >= 0.6 is 11.8 Å². The van der Waals surface area contributed by atoms with Crippen LogP contribution < -0.4 is 5.32 Å². The van der Waals surface area contributed by atoms with Gasteiger partial charge in [0.1, 0.15) is 0 Å². The van der Waals surface area contributed by atoms with Gasteiger partial charge in [-0.2, -0.15) is 4.98 Å². The number of aromatic nitrogens is 2. The molecule has 0 spiro atoms. The second-order valence-electron chi connectivity index (χ2n) is 5.00. The summed E-state index contributed by atoms with van der Waals surface area (Å²) in [4.78, 5) is 5.65. The van der Waals surface area contributed by atoms with Crippen molar-refractivity contribution in [1.29, 1.82) is 0 Å². The van der Waals surface area contributed by atoms with Crippen LogP contribution in [0, 0.1) is 6.92 Å². The SMILES string of the molecule is CNC(C)(C)c1nc(CSc2cccc(C)c2)no1. The first-order valence-corrected chi connectivity index (χ1v) is 7.21. The highest BCUT2D eigenvalue weighted by molar-refractivity contribution is 7.98. The lowest BCUT2D eigenvalue weighted by Crippen LogP contribution is -2.33. The number of aryl methyl sites for hydroxylation is 1. The Hall–Kier alpha value is -1.33. The van der Waals surface area contributed by atoms with Gasteiger partial charge in [0.25, 0.3) is 0 Å². The van der Waals surface area contributed by atoms with E-state index < -0.39 is 0 Å². The fourth-order valence-corrected chi connectivity index (χ4v) is 2.38. The first-order chi connectivity index (χ1) is 9.01. The van der Waals surface area contributed by atoms with E-state index in [1.807, 2.05) is 20.9 Å². The van der Waals surface area contributed by atoms with Crippen molar-refractivity contribution in [2.24, 2.45) is 0 Å². The molecule has 4 nitrogen and oxygen atoms in total. The van der Waals surface area contributed by atoms with E-state index in [1.54, 1.807) is 11.8 Å². The second kappa shape index (κ2) is 5.75. The average molecular weight is 277 g/mol. The summed E-state index contributed by atoms with van der Waals surface area (Å²) in [5.74, 6) is 2.06. The van der Waals surface area contributed by atoms with E-state index in [0.29, 0.717) is 11.6 Å². The maximum atomic E-state index is 5.30. The molecular formula is C14H19N3OS. The number of rotatable bonds is 5. The Kier molecular flexibility index (Phi) is 4.27. The Balaban J connectivity index is 2.01. The van der Waals surface area contributed by atoms with Crippen LogP contribution in [0.3, 0.4) is 0 Å². The molecule has 2 rings (SSSR count). The number of nitrogens with zero attached hydrogens (tertiary/aromatic N) is 2. The predicted molar refractivity (Wildman–Crippen MR) is 77.1 cm³/mol. The van der Waals surface area contributed by atoms with Crippen molar-refractivity contribution >= 4 is 11.8 Å². The van der Waals surface area contributed by atoms with Gasteiger partial charge in [-0.15, -0.1) is 11.8 Å². The maximum absolute atomic E-state index is 5.30. The van der Waals surface area contributed by atoms with Crippen molar-refractivity contribution in [2.75, 3.05) is 7.05 Å². The Labute approximate surface area is 118 Å². The molecule has 19 heavy (non-hydrogen) atoms. The van der Waals surface area contributed by atoms with Gasteiger partial charge in [0.15, 0.2) is 5.82 Å². The molecule has 1 aromatic heterocycles. The van der Waals surface area contributed by atoms with Crippen molar-refractivity contribution in [2.45, 2.75) is 37.0 Å². The van der Waals surface area contributed by atoms with E-state index in [2.05, 4.69) is 46.6 Å². The van der Waals surface area contributed by atoms with Gasteiger partial charge in [0, 0.05) is 4.90 Å². The molecule has 0 unspecified atom stereocenters. The molecule has 1 N–H and O–H groups in total. The van der Waals surface area contributed by atoms with Crippen molar-refractivity contribution in [3.05, 3.63) is 41.5 Å². The smallest absolute Gasteiger partial charge is 0.246 e. The monoisotopic (exact) mass is 277 g/mol. The Bertz CT molecular complexity index is 551. The topological polar surface area (TPSA) is 51.0 Å². The summed E-state index contributed by atoms with van der Waals surface area (Å²) >= 11 is 1.71. The summed E-state index contributed by atoms with van der Waals surface area (Å²) < 4.78 is 5.30. The first-order valence-electron chi connectivity index (χ1n) is 6.23. The van der Waals surface area contributed by atoms with Gasteiger partial charge in [0.2, 0.25) is 5.89 Å². The summed E-state index contributed by atoms with van der Waals surface area (Å²) in [6, 6.07) is 8.40. The number of nitrogens with one attached hydrogen (secondary N) is 1. The lowest BCUT2D eigenvalue weighted by atomic mass is 10.1. The lowest BCUT2D eigenvalue weighted by molar-refractivity contribution is 0.280. The average Bonchev–Trinajstić information content (AvgIpc) is 2.86. The molecule has 0 saturated carbocycles. The molecule has 0 aliphatic heterocycles. The quantitative estimate of drug-likeness (QED) is 0.851. The van der Waals surface area contributed by atoms with Crippen LogP contribution in [0.1, 0.15) is 31.1 Å². The summed E-state index contributed by atoms with van der Waals surface area (Å²) in [6.45, 7) is 6.11. The van der Waals surface area contributed by atoms with Gasteiger partial charge in [-0.05, 0) is 40.0 Å². The molecule has 1 heterocycles. The number of hydrogen-bond acceptors (Lipinski definition) is 5. The Morgan fingerprint density at radius 2 is 2.16 bits per heavy atom. The highest BCUT2D eigenvalue weighted by Gasteiger charge is 2.25. The van der Waals surface area contributed by atoms with Crippen molar-refractivity contribution in [1.82, 2.24) is 15.5 Å². The summed E-state index contributed by atoms with van der Waals surface area (Å²) in [5, 5.41) is 7.17. The Morgan fingerprint density at radius 3 is 2.84 bits per heavy atom. The van der Waals surface area contributed by atoms with E-state index in [-0.39, 0.29) is 5.54 Å². The number of thioether (sulfide) groups is 1. The molecule has 1 aromatic carbocycles. The third kappa shape index (κ3) is 3.58. The molecule has 102 valence electrons. The zero-order valence-electron chi connectivity index (χ0n) is 11.7. The van der Waals surface area contributed by atoms with Crippen molar-refractivity contribution in [3.8, 4) is 0 Å². The minimum Gasteiger partial charge on any atom is -0.337 e. The maximum Gasteiger partial charge on any atom is 0.246 e. The predicted octanol–water partition coefficient (Wildman–Crippen LogP) is 3.12. The molecule has 0 amide bonds. The van der Waals surface area contributed by atoms with Crippen LogP contribution in [0.5, 0.6) is 0 Å². The highest BCUT2D eigenvalue weighted by Crippen LogP contribution is 2.24. The molecule has 0 bridgehead atoms. The van der Waals surface area contributed by atoms with Crippen LogP contribution in [0.15, 0.2) is 33.7 Å². The van der Waals surface area contributed by atoms with Gasteiger partial charge < -0.3 is 9.84 Å². The van der Waals surface area contributed by atoms with E-state index in [1.165, 1.54) is 10.5 Å². The molecule has 0 saturated heterocycles. The van der Waals surface area contributed by atoms with Crippen LogP contribution in [0.4, 0.5) is 0 Å². The normalized spacial score (nSPS) is 11.8. The molecular weight excluding hydrogens is 258 g/mol. The molecule has 5 heteroatoms. The van der Waals surface area contributed by atoms with Gasteiger partial charge in [-0.1, -0.05) is 22.9 Å². The van der Waals surface area contributed by atoms with Crippen molar-refractivity contribution in [3.63, 3.8) is 0 Å². The second-order valence-corrected chi connectivity index (χ2v) is 6.04. The summed E-state index contributed by atoms with van der Waals surface area (Å²) in [5.41, 5.74) is 0.967. The van der Waals surface area contributed by atoms with E-state index in [9.17, 15) is 0 Å². The van der Waals surface area contributed by atoms with Crippen molar-refractivity contribution < 1.29 is 4.52 Å². The van der Waals surface area contributed by atoms with Gasteiger partial charge >= 0.3 is 0 Å². The third-order valence-corrected chi connectivity index (χ3v) is 3.98. The zero-order valence-corrected chi connectivity index (χ0v) is 12.5. The molecule has 2 aromatic rings. The summed E-state index contributed by atoms with van der Waals surface area (Å²) in [7, 11) is 1.88. The standard InChI is InChI=1S/C14H19N3OS/c1-10-6-5-7-11(8-10)19-9-12-16-13(18-17-12)14(2,3)15-4/h5-8,15H,9H2,1-4H3. The molecule has 0 aliphatic carbocycles. The lowest BCUT2D eigenvalue weighted by Gasteiger charge is -2.17. The highest BCUT2D eigenvalue weighted by atomic mass is 32.2. The number of hydrogen-bond donors (Lipinski definition) is 1. The van der Waals surface area contributed by atoms with Crippen LogP contribution in [-0.4, -0.2) is 17.2 Å². The first kappa shape index (κ1) is 14.1. The fourth-order valence-electron chi connectivity index (χ4n) is 1.53. The third-order valence-electron chi connectivity index (χ3n) is 2.99. The minimum absolute atomic E-state index is 0.292. The molecule has 0 fully saturated rings. The van der Waals surface area contributed by atoms with Gasteiger partial charge in [-0.25, -0.2) is 0 Å². The largest absolute Gasteiger partial charge is 0.337 e. The molecule has 0 radical (unpaired) electrons. The Morgan fingerprint density at radius 1 is 1.37 bits per heavy atom. The van der Waals surface area contributed by atoms with Gasteiger partial charge in [-0.3, -0.25) is 0 Å². The molecule has 0 atom stereocenters. The minimum atomic E-state index is -0.292. The van der Waals surface area contributed by atoms with Crippen LogP contribution in [-0.2, 0) is 11.3 Å². The van der Waals surface area contributed by atoms with E-state index >= 15 is 0 Å². The zero-order chi connectivity index (χ0) is 13.9. The molecule has 0 aliphatic rings. The number of benzene rings is 1. The van der Waals surface area contributed by atoms with Crippen LogP contribution in [0.2, 0.25) is 0 Å². The van der Waals surface area contributed by atoms with Crippen LogP contribution in [0.25, 0.3) is 0 Å². The van der Waals surface area contributed by atoms with E-state index in [4.69, 9.17) is 4.52 Å². The fraction of sp³-hybridized carbons (Fsp3) is 0.429. The van der Waals surface area contributed by atoms with E-state index in [0.717, 1.165) is 5.82 Å². The summed E-state index contributed by atoms with van der Waals surface area (Å²) in [6.07, 6.45) is 0. The van der Waals surface area contributed by atoms with Gasteiger partial charge in [0.05, 0.1) is 11.3 Å².